The maximum absolute atomic E-state index is 13.5. The van der Waals surface area contributed by atoms with E-state index in [9.17, 15) is 18.0 Å². The fraction of sp³-hybridized carbons (Fsp3) is 0.0690. The Morgan fingerprint density at radius 3 is 2.32 bits per heavy atom. The molecule has 0 amide bonds. The zero-order chi connectivity index (χ0) is 26.9. The lowest BCUT2D eigenvalue weighted by molar-refractivity contribution is -0.139. The van der Waals surface area contributed by atoms with E-state index in [1.54, 1.807) is 24.3 Å². The number of rotatable bonds is 6. The summed E-state index contributed by atoms with van der Waals surface area (Å²) in [4.78, 5) is 26.4. The number of fused-ring (bicyclic) bond motifs is 2. The number of nitrogens with zero attached hydrogens (tertiary/aromatic N) is 2. The van der Waals surface area contributed by atoms with Gasteiger partial charge in [0.25, 0.3) is 10.0 Å². The van der Waals surface area contributed by atoms with E-state index in [-0.39, 0.29) is 27.5 Å². The number of allylic oxidation sites excluding steroid dienone is 1. The van der Waals surface area contributed by atoms with Crippen LogP contribution in [-0.2, 0) is 19.6 Å². The van der Waals surface area contributed by atoms with Crippen LogP contribution in [0, 0.1) is 11.3 Å². The first-order chi connectivity index (χ1) is 18.3. The van der Waals surface area contributed by atoms with Gasteiger partial charge in [-0.1, -0.05) is 42.5 Å². The molecule has 38 heavy (non-hydrogen) atoms. The van der Waals surface area contributed by atoms with Gasteiger partial charge >= 0.3 is 5.97 Å². The molecule has 0 aliphatic carbocycles. The molecule has 0 bridgehead atoms. The molecule has 9 heteroatoms. The highest BCUT2D eigenvalue weighted by Gasteiger charge is 2.39. The summed E-state index contributed by atoms with van der Waals surface area (Å²) in [5.74, 6) is -1.25. The van der Waals surface area contributed by atoms with Gasteiger partial charge < -0.3 is 9.47 Å². The number of likely N-dealkylation sites (N-methyl/N-ethyl adjacent to an activating group) is 1. The first-order valence-electron chi connectivity index (χ1n) is 11.5. The molecular weight excluding hydrogens is 504 g/mol. The van der Waals surface area contributed by atoms with Crippen molar-refractivity contribution in [1.82, 2.24) is 4.31 Å². The summed E-state index contributed by atoms with van der Waals surface area (Å²) in [7, 11) is -2.88. The van der Waals surface area contributed by atoms with Crippen molar-refractivity contribution in [3.05, 3.63) is 113 Å². The third kappa shape index (κ3) is 4.49. The molecule has 1 heterocycles. The van der Waals surface area contributed by atoms with E-state index in [0.717, 1.165) is 15.1 Å². The molecule has 4 aromatic carbocycles. The zero-order valence-corrected chi connectivity index (χ0v) is 20.9. The van der Waals surface area contributed by atoms with E-state index in [4.69, 9.17) is 14.7 Å². The molecule has 0 saturated carbocycles. The Balaban J connectivity index is 1.50. The standard InChI is InChI=1S/C29H20N2O6S/c1-31-27(28(33)21-12-10-19(17-30)11-13-21)29(24-8-4-5-9-25(24)38(31,34)35)37-26(32)18-36-23-15-14-20-6-2-3-7-22(20)16-23/h2-16H,18H2,1H3. The minimum absolute atomic E-state index is 0.0849. The number of hydrogen-bond acceptors (Lipinski definition) is 7. The number of ether oxygens (including phenoxy) is 2. The van der Waals surface area contributed by atoms with Crippen LogP contribution < -0.4 is 4.74 Å². The number of carbonyl (C=O) groups excluding carboxylic acids is 2. The number of nitriles is 1. The second-order valence-corrected chi connectivity index (χ2v) is 10.4. The largest absolute Gasteiger partial charge is 0.482 e. The molecule has 0 radical (unpaired) electrons. The van der Waals surface area contributed by atoms with Crippen LogP contribution in [-0.4, -0.2) is 38.1 Å². The first-order valence-corrected chi connectivity index (χ1v) is 12.9. The van der Waals surface area contributed by atoms with Crippen molar-refractivity contribution in [2.24, 2.45) is 0 Å². The van der Waals surface area contributed by atoms with Crippen LogP contribution in [0.2, 0.25) is 0 Å². The third-order valence-electron chi connectivity index (χ3n) is 6.08. The van der Waals surface area contributed by atoms with Crippen LogP contribution in [0.5, 0.6) is 5.75 Å². The minimum Gasteiger partial charge on any atom is -0.482 e. The van der Waals surface area contributed by atoms with Crippen molar-refractivity contribution >= 4 is 38.3 Å². The lowest BCUT2D eigenvalue weighted by Gasteiger charge is -2.30. The van der Waals surface area contributed by atoms with E-state index in [0.29, 0.717) is 11.3 Å². The van der Waals surface area contributed by atoms with Gasteiger partial charge in [0.05, 0.1) is 16.5 Å². The molecule has 8 nitrogen and oxygen atoms in total. The van der Waals surface area contributed by atoms with Crippen molar-refractivity contribution < 1.29 is 27.5 Å². The fourth-order valence-electron chi connectivity index (χ4n) is 4.14. The van der Waals surface area contributed by atoms with Gasteiger partial charge in [0.15, 0.2) is 12.4 Å². The smallest absolute Gasteiger partial charge is 0.349 e. The van der Waals surface area contributed by atoms with Crippen LogP contribution in [0.1, 0.15) is 21.5 Å². The molecule has 0 atom stereocenters. The summed E-state index contributed by atoms with van der Waals surface area (Å²) >= 11 is 0. The van der Waals surface area contributed by atoms with Crippen molar-refractivity contribution in [2.75, 3.05) is 13.7 Å². The molecule has 188 valence electrons. The average molecular weight is 525 g/mol. The van der Waals surface area contributed by atoms with E-state index in [1.165, 1.54) is 43.4 Å². The third-order valence-corrected chi connectivity index (χ3v) is 7.90. The fourth-order valence-corrected chi connectivity index (χ4v) is 5.53. The quantitative estimate of drug-likeness (QED) is 0.269. The molecule has 4 aromatic rings. The monoisotopic (exact) mass is 524 g/mol. The van der Waals surface area contributed by atoms with Crippen molar-refractivity contribution in [3.63, 3.8) is 0 Å². The Labute approximate surface area is 219 Å². The van der Waals surface area contributed by atoms with Gasteiger partial charge in [-0.3, -0.25) is 9.10 Å². The number of esters is 1. The maximum atomic E-state index is 13.5. The number of carbonyl (C=O) groups is 2. The number of Topliss-reactive ketones (excluding diaryl/α,β-unsaturated/α-hetero) is 1. The van der Waals surface area contributed by atoms with Crippen molar-refractivity contribution in [3.8, 4) is 11.8 Å². The molecule has 5 rings (SSSR count). The highest BCUT2D eigenvalue weighted by Crippen LogP contribution is 2.38. The number of ketones is 1. The van der Waals surface area contributed by atoms with E-state index in [1.807, 2.05) is 36.4 Å². The second-order valence-electron chi connectivity index (χ2n) is 8.44. The van der Waals surface area contributed by atoms with Gasteiger partial charge in [0.1, 0.15) is 11.4 Å². The topological polar surface area (TPSA) is 114 Å². The predicted octanol–water partition coefficient (Wildman–Crippen LogP) is 4.52. The molecular formula is C29H20N2O6S. The average Bonchev–Trinajstić information content (AvgIpc) is 2.94. The number of sulfonamides is 1. The van der Waals surface area contributed by atoms with Gasteiger partial charge in [-0.25, -0.2) is 13.2 Å². The molecule has 0 aromatic heterocycles. The van der Waals surface area contributed by atoms with E-state index >= 15 is 0 Å². The van der Waals surface area contributed by atoms with Gasteiger partial charge in [-0.05, 0) is 59.3 Å². The minimum atomic E-state index is -4.10. The highest BCUT2D eigenvalue weighted by molar-refractivity contribution is 7.89. The first kappa shape index (κ1) is 24.7. The summed E-state index contributed by atoms with van der Waals surface area (Å²) < 4.78 is 38.5. The van der Waals surface area contributed by atoms with Crippen LogP contribution in [0.15, 0.2) is 102 Å². The van der Waals surface area contributed by atoms with Crippen LogP contribution in [0.3, 0.4) is 0 Å². The number of hydrogen-bond donors (Lipinski definition) is 0. The van der Waals surface area contributed by atoms with Crippen LogP contribution in [0.25, 0.3) is 16.5 Å². The van der Waals surface area contributed by atoms with E-state index in [2.05, 4.69) is 0 Å². The highest BCUT2D eigenvalue weighted by atomic mass is 32.2. The van der Waals surface area contributed by atoms with Gasteiger partial charge in [0.2, 0.25) is 5.78 Å². The molecule has 0 N–H and O–H groups in total. The Morgan fingerprint density at radius 2 is 1.58 bits per heavy atom. The summed E-state index contributed by atoms with van der Waals surface area (Å²) in [6, 6.07) is 26.7. The van der Waals surface area contributed by atoms with Gasteiger partial charge in [-0.2, -0.15) is 5.26 Å². The Hall–Kier alpha value is -4.94. The summed E-state index contributed by atoms with van der Waals surface area (Å²) in [6.07, 6.45) is 0. The van der Waals surface area contributed by atoms with Crippen molar-refractivity contribution in [1.29, 1.82) is 5.26 Å². The molecule has 0 fully saturated rings. The summed E-state index contributed by atoms with van der Waals surface area (Å²) in [5, 5.41) is 11.0. The zero-order valence-electron chi connectivity index (χ0n) is 20.1. The lowest BCUT2D eigenvalue weighted by Crippen LogP contribution is -2.36. The van der Waals surface area contributed by atoms with Gasteiger partial charge in [-0.15, -0.1) is 0 Å². The van der Waals surface area contributed by atoms with Crippen LogP contribution >= 0.6 is 0 Å². The molecule has 0 saturated heterocycles. The summed E-state index contributed by atoms with van der Waals surface area (Å²) in [5.41, 5.74) is 0.221. The van der Waals surface area contributed by atoms with E-state index < -0.39 is 28.4 Å². The van der Waals surface area contributed by atoms with Crippen molar-refractivity contribution in [2.45, 2.75) is 4.90 Å². The molecule has 0 spiro atoms. The summed E-state index contributed by atoms with van der Waals surface area (Å²) in [6.45, 7) is -0.473. The second kappa shape index (κ2) is 9.84. The predicted molar refractivity (Wildman–Crippen MR) is 139 cm³/mol. The van der Waals surface area contributed by atoms with Crippen LogP contribution in [0.4, 0.5) is 0 Å². The Kier molecular flexibility index (Phi) is 6.41. The SMILES string of the molecule is CN1C(C(=O)c2ccc(C#N)cc2)=C(OC(=O)COc2ccc3ccccc3c2)c2ccccc2S1(=O)=O. The Bertz CT molecular complexity index is 1770. The maximum Gasteiger partial charge on any atom is 0.349 e. The molecule has 0 unspecified atom stereocenters. The molecule has 1 aliphatic rings. The van der Waals surface area contributed by atoms with Gasteiger partial charge in [0, 0.05) is 18.2 Å². The normalized spacial score (nSPS) is 13.9. The molecule has 1 aliphatic heterocycles. The lowest BCUT2D eigenvalue weighted by atomic mass is 10.0. The number of benzene rings is 4. The Morgan fingerprint density at radius 1 is 0.895 bits per heavy atom.